The molecule has 0 spiro atoms. The molecule has 1 aromatic carbocycles. The van der Waals surface area contributed by atoms with Gasteiger partial charge in [-0.25, -0.2) is 0 Å². The van der Waals surface area contributed by atoms with Crippen LogP contribution in [0.1, 0.15) is 23.6 Å². The molecule has 0 fully saturated rings. The van der Waals surface area contributed by atoms with Crippen LogP contribution in [0.2, 0.25) is 0 Å². The third-order valence-electron chi connectivity index (χ3n) is 2.88. The van der Waals surface area contributed by atoms with E-state index in [-0.39, 0.29) is 6.10 Å². The van der Waals surface area contributed by atoms with Crippen molar-refractivity contribution in [2.45, 2.75) is 32.8 Å². The minimum absolute atomic E-state index is 0.301. The molecule has 14 heavy (non-hydrogen) atoms. The summed E-state index contributed by atoms with van der Waals surface area (Å²) < 4.78 is 0. The molecule has 1 aromatic rings. The molecule has 1 atom stereocenters. The monoisotopic (exact) mass is 188 g/mol. The van der Waals surface area contributed by atoms with Crippen LogP contribution in [-0.2, 0) is 12.8 Å². The fraction of sp³-hybridized carbons (Fsp3) is 0.385. The Kier molecular flexibility index (Phi) is 2.42. The minimum atomic E-state index is -0.301. The Balaban J connectivity index is 2.30. The first kappa shape index (κ1) is 9.47. The van der Waals surface area contributed by atoms with Crippen LogP contribution < -0.4 is 0 Å². The van der Waals surface area contributed by atoms with Crippen LogP contribution in [0, 0.1) is 6.92 Å². The molecule has 1 N–H and O–H groups in total. The molecule has 1 nitrogen and oxygen atoms in total. The molecule has 0 aromatic heterocycles. The first-order valence-corrected chi connectivity index (χ1v) is 5.12. The number of allylic oxidation sites excluding steroid dienone is 1. The van der Waals surface area contributed by atoms with Gasteiger partial charge in [0.25, 0.3) is 0 Å². The number of aliphatic hydroxyl groups is 1. The fourth-order valence-electron chi connectivity index (χ4n) is 1.97. The summed E-state index contributed by atoms with van der Waals surface area (Å²) in [7, 11) is 0. The number of fused-ring (bicyclic) bond motifs is 1. The molecule has 0 heterocycles. The predicted octanol–water partition coefficient (Wildman–Crippen LogP) is 2.40. The van der Waals surface area contributed by atoms with Gasteiger partial charge in [-0.1, -0.05) is 29.8 Å². The van der Waals surface area contributed by atoms with Crippen molar-refractivity contribution in [2.75, 3.05) is 0 Å². The average Bonchev–Trinajstić information content (AvgIpc) is 2.16. The molecule has 0 saturated carbocycles. The van der Waals surface area contributed by atoms with Crippen LogP contribution in [0.25, 0.3) is 0 Å². The minimum Gasteiger partial charge on any atom is -0.389 e. The highest BCUT2D eigenvalue weighted by atomic mass is 16.3. The first-order valence-electron chi connectivity index (χ1n) is 5.12. The lowest BCUT2D eigenvalue weighted by Crippen LogP contribution is -2.12. The van der Waals surface area contributed by atoms with E-state index in [1.807, 2.05) is 6.92 Å². The van der Waals surface area contributed by atoms with Gasteiger partial charge in [0.2, 0.25) is 0 Å². The van der Waals surface area contributed by atoms with Gasteiger partial charge in [0, 0.05) is 0 Å². The molecule has 1 aliphatic carbocycles. The standard InChI is InChI=1S/C13H16O/c1-9-3-4-13-8-11(10(2)14)5-6-12(13)7-9/h3-5,7,10,14H,6,8H2,1-2H3. The van der Waals surface area contributed by atoms with Crippen molar-refractivity contribution in [3.8, 4) is 0 Å². The van der Waals surface area contributed by atoms with Gasteiger partial charge < -0.3 is 5.11 Å². The molecule has 74 valence electrons. The normalized spacial score (nSPS) is 17.2. The molecule has 0 saturated heterocycles. The Morgan fingerprint density at radius 3 is 2.79 bits per heavy atom. The van der Waals surface area contributed by atoms with Gasteiger partial charge in [-0.05, 0) is 43.4 Å². The van der Waals surface area contributed by atoms with Gasteiger partial charge in [-0.2, -0.15) is 0 Å². The number of hydrogen-bond acceptors (Lipinski definition) is 1. The lowest BCUT2D eigenvalue weighted by molar-refractivity contribution is 0.227. The molecular weight excluding hydrogens is 172 g/mol. The highest BCUT2D eigenvalue weighted by molar-refractivity contribution is 5.39. The van der Waals surface area contributed by atoms with Crippen molar-refractivity contribution >= 4 is 0 Å². The maximum absolute atomic E-state index is 9.49. The van der Waals surface area contributed by atoms with E-state index in [1.165, 1.54) is 16.7 Å². The topological polar surface area (TPSA) is 20.2 Å². The van der Waals surface area contributed by atoms with E-state index in [0.717, 1.165) is 18.4 Å². The van der Waals surface area contributed by atoms with Crippen LogP contribution in [0.15, 0.2) is 29.8 Å². The van der Waals surface area contributed by atoms with Crippen molar-refractivity contribution in [3.05, 3.63) is 46.5 Å². The second-order valence-corrected chi connectivity index (χ2v) is 4.11. The Bertz CT molecular complexity index is 375. The third kappa shape index (κ3) is 1.73. The second-order valence-electron chi connectivity index (χ2n) is 4.11. The second kappa shape index (κ2) is 3.58. The van der Waals surface area contributed by atoms with Crippen molar-refractivity contribution in [2.24, 2.45) is 0 Å². The molecule has 1 aliphatic rings. The van der Waals surface area contributed by atoms with E-state index < -0.39 is 0 Å². The van der Waals surface area contributed by atoms with Gasteiger partial charge in [-0.15, -0.1) is 0 Å². The zero-order chi connectivity index (χ0) is 10.1. The quantitative estimate of drug-likeness (QED) is 0.671. The van der Waals surface area contributed by atoms with Crippen LogP contribution in [0.4, 0.5) is 0 Å². The van der Waals surface area contributed by atoms with Gasteiger partial charge in [0.1, 0.15) is 0 Å². The maximum atomic E-state index is 9.49. The largest absolute Gasteiger partial charge is 0.389 e. The van der Waals surface area contributed by atoms with E-state index in [2.05, 4.69) is 31.2 Å². The van der Waals surface area contributed by atoms with Crippen LogP contribution in [0.3, 0.4) is 0 Å². The zero-order valence-electron chi connectivity index (χ0n) is 8.75. The molecular formula is C13H16O. The lowest BCUT2D eigenvalue weighted by atomic mass is 9.88. The number of hydrogen-bond donors (Lipinski definition) is 1. The van der Waals surface area contributed by atoms with Crippen LogP contribution >= 0.6 is 0 Å². The summed E-state index contributed by atoms with van der Waals surface area (Å²) in [6, 6.07) is 6.56. The number of benzene rings is 1. The fourth-order valence-corrected chi connectivity index (χ4v) is 1.97. The van der Waals surface area contributed by atoms with Crippen molar-refractivity contribution in [3.63, 3.8) is 0 Å². The molecule has 1 unspecified atom stereocenters. The van der Waals surface area contributed by atoms with Crippen LogP contribution in [-0.4, -0.2) is 11.2 Å². The van der Waals surface area contributed by atoms with Gasteiger partial charge in [-0.3, -0.25) is 0 Å². The van der Waals surface area contributed by atoms with Gasteiger partial charge in [0.15, 0.2) is 0 Å². The highest BCUT2D eigenvalue weighted by Crippen LogP contribution is 2.23. The molecule has 0 aliphatic heterocycles. The van der Waals surface area contributed by atoms with E-state index in [1.54, 1.807) is 0 Å². The summed E-state index contributed by atoms with van der Waals surface area (Å²) in [6.45, 7) is 3.96. The molecule has 0 radical (unpaired) electrons. The first-order chi connectivity index (χ1) is 6.66. The van der Waals surface area contributed by atoms with Gasteiger partial charge >= 0.3 is 0 Å². The zero-order valence-corrected chi connectivity index (χ0v) is 8.75. The number of rotatable bonds is 1. The maximum Gasteiger partial charge on any atom is 0.0725 e. The van der Waals surface area contributed by atoms with E-state index in [4.69, 9.17) is 0 Å². The van der Waals surface area contributed by atoms with Crippen LogP contribution in [0.5, 0.6) is 0 Å². The van der Waals surface area contributed by atoms with E-state index in [0.29, 0.717) is 0 Å². The summed E-state index contributed by atoms with van der Waals surface area (Å²) in [4.78, 5) is 0. The Morgan fingerprint density at radius 2 is 2.07 bits per heavy atom. The van der Waals surface area contributed by atoms with Crippen molar-refractivity contribution in [1.29, 1.82) is 0 Å². The predicted molar refractivity (Wildman–Crippen MR) is 58.4 cm³/mol. The Hall–Kier alpha value is -1.08. The third-order valence-corrected chi connectivity index (χ3v) is 2.88. The highest BCUT2D eigenvalue weighted by Gasteiger charge is 2.13. The summed E-state index contributed by atoms with van der Waals surface area (Å²) in [5.74, 6) is 0. The van der Waals surface area contributed by atoms with Crippen molar-refractivity contribution in [1.82, 2.24) is 0 Å². The smallest absolute Gasteiger partial charge is 0.0725 e. The summed E-state index contributed by atoms with van der Waals surface area (Å²) in [5.41, 5.74) is 5.25. The number of aliphatic hydroxyl groups excluding tert-OH is 1. The lowest BCUT2D eigenvalue weighted by Gasteiger charge is -2.19. The van der Waals surface area contributed by atoms with E-state index >= 15 is 0 Å². The number of aryl methyl sites for hydroxylation is 1. The summed E-state index contributed by atoms with van der Waals surface area (Å²) >= 11 is 0. The molecule has 2 rings (SSSR count). The average molecular weight is 188 g/mol. The summed E-state index contributed by atoms with van der Waals surface area (Å²) in [5, 5.41) is 9.49. The molecule has 0 bridgehead atoms. The molecule has 0 amide bonds. The Morgan fingerprint density at radius 1 is 1.29 bits per heavy atom. The Labute approximate surface area is 85.1 Å². The van der Waals surface area contributed by atoms with E-state index in [9.17, 15) is 5.11 Å². The van der Waals surface area contributed by atoms with Crippen molar-refractivity contribution < 1.29 is 5.11 Å². The SMILES string of the molecule is Cc1ccc2c(c1)CC=C(C(C)O)C2. The van der Waals surface area contributed by atoms with Gasteiger partial charge in [0.05, 0.1) is 6.10 Å². The summed E-state index contributed by atoms with van der Waals surface area (Å²) in [6.07, 6.45) is 3.74. The molecule has 1 heteroatoms.